The molecule has 0 saturated heterocycles. The number of rotatable bonds is 4. The highest BCUT2D eigenvalue weighted by Crippen LogP contribution is 2.30. The Balaban J connectivity index is 1.72. The van der Waals surface area contributed by atoms with Crippen molar-refractivity contribution in [1.82, 2.24) is 4.98 Å². The lowest BCUT2D eigenvalue weighted by Gasteiger charge is -2.27. The number of nitrogens with zero attached hydrogens (tertiary/aromatic N) is 1. The zero-order valence-corrected chi connectivity index (χ0v) is 13.8. The number of aromatic nitrogens is 1. The lowest BCUT2D eigenvalue weighted by Crippen LogP contribution is -2.27. The molecule has 1 heterocycles. The van der Waals surface area contributed by atoms with E-state index >= 15 is 0 Å². The van der Waals surface area contributed by atoms with Crippen molar-refractivity contribution in [2.45, 2.75) is 31.5 Å². The highest BCUT2D eigenvalue weighted by atomic mass is 35.5. The highest BCUT2D eigenvalue weighted by molar-refractivity contribution is 6.32. The van der Waals surface area contributed by atoms with Crippen LogP contribution in [0.2, 0.25) is 5.15 Å². The third-order valence-corrected chi connectivity index (χ3v) is 4.29. The van der Waals surface area contributed by atoms with Crippen molar-refractivity contribution in [2.75, 3.05) is 10.6 Å². The maximum Gasteiger partial charge on any atom is 0.416 e. The molecule has 8 heteroatoms. The lowest BCUT2D eigenvalue weighted by atomic mass is 9.93. The number of halogens is 4. The van der Waals surface area contributed by atoms with Crippen molar-refractivity contribution in [1.29, 1.82) is 0 Å². The van der Waals surface area contributed by atoms with Gasteiger partial charge in [-0.1, -0.05) is 17.7 Å². The smallest absolute Gasteiger partial charge is 0.367 e. The first-order valence-corrected chi connectivity index (χ1v) is 8.12. The summed E-state index contributed by atoms with van der Waals surface area (Å²) in [6.45, 7) is 0. The predicted octanol–water partition coefficient (Wildman–Crippen LogP) is 4.97. The molecule has 1 aliphatic rings. The van der Waals surface area contributed by atoms with Gasteiger partial charge < -0.3 is 10.6 Å². The summed E-state index contributed by atoms with van der Waals surface area (Å²) in [5.41, 5.74) is -0.754. The number of nitrogens with one attached hydrogen (secondary N) is 2. The molecule has 132 valence electrons. The van der Waals surface area contributed by atoms with E-state index in [0.717, 1.165) is 25.0 Å². The summed E-state index contributed by atoms with van der Waals surface area (Å²) in [7, 11) is 0. The van der Waals surface area contributed by atoms with Gasteiger partial charge in [0.1, 0.15) is 5.82 Å². The lowest BCUT2D eigenvalue weighted by molar-refractivity contribution is -0.137. The Bertz CT molecular complexity index is 791. The molecule has 0 bridgehead atoms. The van der Waals surface area contributed by atoms with Crippen LogP contribution in [-0.4, -0.2) is 16.9 Å². The van der Waals surface area contributed by atoms with E-state index in [1.54, 1.807) is 12.1 Å². The molecule has 1 aromatic carbocycles. The van der Waals surface area contributed by atoms with E-state index in [9.17, 15) is 18.0 Å². The van der Waals surface area contributed by atoms with E-state index in [2.05, 4.69) is 15.6 Å². The summed E-state index contributed by atoms with van der Waals surface area (Å²) in [5, 5.41) is 5.78. The van der Waals surface area contributed by atoms with Gasteiger partial charge >= 0.3 is 6.18 Å². The van der Waals surface area contributed by atoms with Gasteiger partial charge in [-0.15, -0.1) is 0 Å². The Hall–Kier alpha value is -2.28. The fourth-order valence-electron chi connectivity index (χ4n) is 2.40. The van der Waals surface area contributed by atoms with E-state index in [-0.39, 0.29) is 16.4 Å². The van der Waals surface area contributed by atoms with Crippen LogP contribution in [0.15, 0.2) is 36.4 Å². The van der Waals surface area contributed by atoms with E-state index in [1.807, 2.05) is 0 Å². The van der Waals surface area contributed by atoms with Crippen LogP contribution >= 0.6 is 11.6 Å². The van der Waals surface area contributed by atoms with Crippen molar-refractivity contribution < 1.29 is 18.0 Å². The van der Waals surface area contributed by atoms with Crippen LogP contribution in [0.4, 0.5) is 24.7 Å². The standard InChI is InChI=1S/C17H15ClF3N3O/c18-15-13(7-8-14(24-15)22-12-5-2-6-12)23-16(25)10-3-1-4-11(9-10)17(19,20)21/h1,3-4,7-9,12H,2,5-6H2,(H,22,24)(H,23,25). The second-order valence-electron chi connectivity index (χ2n) is 5.84. The minimum absolute atomic E-state index is 0.0737. The second-order valence-corrected chi connectivity index (χ2v) is 6.20. The molecule has 25 heavy (non-hydrogen) atoms. The van der Waals surface area contributed by atoms with Gasteiger partial charge in [0.15, 0.2) is 5.15 Å². The molecule has 0 spiro atoms. The number of pyridine rings is 1. The summed E-state index contributed by atoms with van der Waals surface area (Å²) in [5.74, 6) is -0.0822. The first-order valence-electron chi connectivity index (χ1n) is 7.74. The molecular weight excluding hydrogens is 355 g/mol. The molecular formula is C17H15ClF3N3O. The van der Waals surface area contributed by atoms with E-state index in [0.29, 0.717) is 11.9 Å². The van der Waals surface area contributed by atoms with E-state index in [4.69, 9.17) is 11.6 Å². The Kier molecular flexibility index (Phi) is 4.85. The minimum Gasteiger partial charge on any atom is -0.367 e. The van der Waals surface area contributed by atoms with Crippen LogP contribution < -0.4 is 10.6 Å². The molecule has 1 aromatic heterocycles. The minimum atomic E-state index is -4.51. The number of carbonyl (C=O) groups is 1. The van der Waals surface area contributed by atoms with Crippen molar-refractivity contribution in [2.24, 2.45) is 0 Å². The first-order chi connectivity index (χ1) is 11.8. The maximum absolute atomic E-state index is 12.7. The molecule has 0 aliphatic heterocycles. The number of hydrogen-bond donors (Lipinski definition) is 2. The Morgan fingerprint density at radius 1 is 1.20 bits per heavy atom. The van der Waals surface area contributed by atoms with Crippen molar-refractivity contribution in [3.05, 3.63) is 52.7 Å². The predicted molar refractivity (Wildman–Crippen MR) is 89.9 cm³/mol. The fourth-order valence-corrected chi connectivity index (χ4v) is 2.60. The molecule has 0 radical (unpaired) electrons. The van der Waals surface area contributed by atoms with Gasteiger partial charge in [0.2, 0.25) is 0 Å². The number of benzene rings is 1. The molecule has 1 fully saturated rings. The van der Waals surface area contributed by atoms with Gasteiger partial charge in [-0.3, -0.25) is 4.79 Å². The van der Waals surface area contributed by atoms with Crippen molar-refractivity contribution in [3.8, 4) is 0 Å². The maximum atomic E-state index is 12.7. The van der Waals surface area contributed by atoms with Gasteiger partial charge in [0.05, 0.1) is 11.3 Å². The largest absolute Gasteiger partial charge is 0.416 e. The van der Waals surface area contributed by atoms with Crippen LogP contribution in [0.3, 0.4) is 0 Å². The van der Waals surface area contributed by atoms with Crippen molar-refractivity contribution in [3.63, 3.8) is 0 Å². The monoisotopic (exact) mass is 369 g/mol. The number of hydrogen-bond acceptors (Lipinski definition) is 3. The van der Waals surface area contributed by atoms with Gasteiger partial charge in [0, 0.05) is 11.6 Å². The van der Waals surface area contributed by atoms with Gasteiger partial charge in [-0.2, -0.15) is 13.2 Å². The van der Waals surface area contributed by atoms with Gasteiger partial charge in [-0.05, 0) is 49.6 Å². The second kappa shape index (κ2) is 6.92. The summed E-state index contributed by atoms with van der Waals surface area (Å²) in [6.07, 6.45) is -1.18. The van der Waals surface area contributed by atoms with Crippen LogP contribution in [0.1, 0.15) is 35.2 Å². The highest BCUT2D eigenvalue weighted by Gasteiger charge is 2.31. The summed E-state index contributed by atoms with van der Waals surface area (Å²) in [6, 6.07) is 7.82. The normalized spacial score (nSPS) is 14.7. The summed E-state index contributed by atoms with van der Waals surface area (Å²) < 4.78 is 38.2. The Morgan fingerprint density at radius 2 is 1.96 bits per heavy atom. The number of amides is 1. The molecule has 1 amide bonds. The van der Waals surface area contributed by atoms with E-state index < -0.39 is 17.6 Å². The molecule has 3 rings (SSSR count). The van der Waals surface area contributed by atoms with Crippen molar-refractivity contribution >= 4 is 29.0 Å². The molecule has 1 saturated carbocycles. The molecule has 0 atom stereocenters. The van der Waals surface area contributed by atoms with Crippen LogP contribution in [-0.2, 0) is 6.18 Å². The molecule has 0 unspecified atom stereocenters. The zero-order valence-electron chi connectivity index (χ0n) is 13.0. The Morgan fingerprint density at radius 3 is 2.56 bits per heavy atom. The molecule has 1 aliphatic carbocycles. The van der Waals surface area contributed by atoms with Crippen LogP contribution in [0, 0.1) is 0 Å². The summed E-state index contributed by atoms with van der Waals surface area (Å²) in [4.78, 5) is 16.3. The quantitative estimate of drug-likeness (QED) is 0.748. The number of carbonyl (C=O) groups excluding carboxylic acids is 1. The summed E-state index contributed by atoms with van der Waals surface area (Å²) >= 11 is 6.06. The molecule has 2 N–H and O–H groups in total. The van der Waals surface area contributed by atoms with E-state index in [1.165, 1.54) is 18.6 Å². The van der Waals surface area contributed by atoms with Gasteiger partial charge in [0.25, 0.3) is 5.91 Å². The fraction of sp³-hybridized carbons (Fsp3) is 0.294. The average molecular weight is 370 g/mol. The Labute approximate surface area is 147 Å². The third kappa shape index (κ3) is 4.22. The number of alkyl halides is 3. The third-order valence-electron chi connectivity index (χ3n) is 4.01. The molecule has 2 aromatic rings. The topological polar surface area (TPSA) is 54.0 Å². The zero-order chi connectivity index (χ0) is 18.0. The number of anilines is 2. The van der Waals surface area contributed by atoms with Crippen LogP contribution in [0.5, 0.6) is 0 Å². The average Bonchev–Trinajstić information content (AvgIpc) is 2.52. The molecule has 4 nitrogen and oxygen atoms in total. The first kappa shape index (κ1) is 17.5. The van der Waals surface area contributed by atoms with Gasteiger partial charge in [-0.25, -0.2) is 4.98 Å². The SMILES string of the molecule is O=C(Nc1ccc(NC2CCC2)nc1Cl)c1cccc(C(F)(F)F)c1. The van der Waals surface area contributed by atoms with Crippen LogP contribution in [0.25, 0.3) is 0 Å².